The SMILES string of the molecule is [2H]c1c([2H])c([2H])c(-c2nc(-c3ccc(-c4ccccc4)cc3)nc(-c3cc(-n4c5ccccc5c5ccccc54)cc4c3sc3cc(-c5cccc(-c6ccccc6)c5)ccc34)n2)c([2H])c1[2H]. The maximum atomic E-state index is 9.01. The number of aromatic nitrogens is 4. The molecule has 0 N–H and O–H groups in total. The zero-order chi connectivity index (χ0) is 45.3. The van der Waals surface area contributed by atoms with Gasteiger partial charge in [-0.15, -0.1) is 11.3 Å². The number of fused-ring (bicyclic) bond motifs is 6. The van der Waals surface area contributed by atoms with Crippen LogP contribution in [0.1, 0.15) is 6.85 Å². The van der Waals surface area contributed by atoms with E-state index in [1.165, 1.54) is 0 Å². The normalized spacial score (nSPS) is 12.7. The largest absolute Gasteiger partial charge is 0.309 e. The smallest absolute Gasteiger partial charge is 0.165 e. The number of hydrogen-bond donors (Lipinski definition) is 0. The Kier molecular flexibility index (Phi) is 7.46. The van der Waals surface area contributed by atoms with Crippen molar-refractivity contribution in [1.29, 1.82) is 0 Å². The average Bonchev–Trinajstić information content (AvgIpc) is 3.93. The van der Waals surface area contributed by atoms with E-state index in [4.69, 9.17) is 21.8 Å². The molecule has 62 heavy (non-hydrogen) atoms. The van der Waals surface area contributed by atoms with Gasteiger partial charge in [-0.05, 0) is 69.8 Å². The van der Waals surface area contributed by atoms with Gasteiger partial charge >= 0.3 is 0 Å². The summed E-state index contributed by atoms with van der Waals surface area (Å²) in [5, 5.41) is 4.34. The molecular weight excluding hydrogens is 773 g/mol. The van der Waals surface area contributed by atoms with Gasteiger partial charge < -0.3 is 4.57 Å². The summed E-state index contributed by atoms with van der Waals surface area (Å²) >= 11 is 1.65. The summed E-state index contributed by atoms with van der Waals surface area (Å²) < 4.78 is 47.9. The van der Waals surface area contributed by atoms with Crippen molar-refractivity contribution in [3.63, 3.8) is 0 Å². The van der Waals surface area contributed by atoms with Gasteiger partial charge in [0.2, 0.25) is 0 Å². The first kappa shape index (κ1) is 31.0. The monoisotopic (exact) mass is 813 g/mol. The van der Waals surface area contributed by atoms with Gasteiger partial charge in [-0.2, -0.15) is 0 Å². The van der Waals surface area contributed by atoms with Gasteiger partial charge in [0.1, 0.15) is 0 Å². The van der Waals surface area contributed by atoms with Crippen LogP contribution in [0.25, 0.3) is 115 Å². The van der Waals surface area contributed by atoms with E-state index in [1.54, 1.807) is 11.3 Å². The molecule has 0 spiro atoms. The van der Waals surface area contributed by atoms with Crippen LogP contribution in [0.3, 0.4) is 0 Å². The van der Waals surface area contributed by atoms with Crippen LogP contribution in [-0.4, -0.2) is 19.5 Å². The minimum Gasteiger partial charge on any atom is -0.309 e. The number of hydrogen-bond acceptors (Lipinski definition) is 4. The third-order valence-electron chi connectivity index (χ3n) is 11.5. The molecule has 4 nitrogen and oxygen atoms in total. The van der Waals surface area contributed by atoms with Gasteiger partial charge in [-0.3, -0.25) is 0 Å². The molecule has 5 heteroatoms. The molecule has 0 unspecified atom stereocenters. The average molecular weight is 814 g/mol. The molecule has 0 saturated heterocycles. The lowest BCUT2D eigenvalue weighted by Gasteiger charge is -2.13. The third kappa shape index (κ3) is 6.26. The quantitative estimate of drug-likeness (QED) is 0.161. The van der Waals surface area contributed by atoms with Crippen molar-refractivity contribution in [2.45, 2.75) is 0 Å². The third-order valence-corrected chi connectivity index (χ3v) is 12.8. The Morgan fingerprint density at radius 2 is 0.887 bits per heavy atom. The predicted octanol–water partition coefficient (Wildman–Crippen LogP) is 15.3. The molecule has 0 saturated carbocycles. The van der Waals surface area contributed by atoms with E-state index in [0.717, 1.165) is 86.6 Å². The molecule has 0 aliphatic carbocycles. The Bertz CT molecular complexity index is 3840. The van der Waals surface area contributed by atoms with Crippen LogP contribution in [0.5, 0.6) is 0 Å². The highest BCUT2D eigenvalue weighted by Crippen LogP contribution is 2.44. The lowest BCUT2D eigenvalue weighted by Crippen LogP contribution is -2.01. The summed E-state index contributed by atoms with van der Waals surface area (Å²) in [5.74, 6) is 0.610. The molecule has 0 atom stereocenters. The molecular formula is C57H36N4S. The van der Waals surface area contributed by atoms with Gasteiger partial charge in [0, 0.05) is 53.3 Å². The number of thiophene rings is 1. The molecule has 0 bridgehead atoms. The second-order valence-electron chi connectivity index (χ2n) is 15.2. The second kappa shape index (κ2) is 14.9. The van der Waals surface area contributed by atoms with E-state index in [-0.39, 0.29) is 23.5 Å². The molecule has 9 aromatic carbocycles. The molecule has 3 heterocycles. The summed E-state index contributed by atoms with van der Waals surface area (Å²) in [4.78, 5) is 15.2. The molecule has 0 amide bonds. The van der Waals surface area contributed by atoms with E-state index in [9.17, 15) is 0 Å². The van der Waals surface area contributed by atoms with E-state index in [1.807, 2.05) is 48.5 Å². The first-order valence-corrected chi connectivity index (χ1v) is 21.2. The number of nitrogens with zero attached hydrogens (tertiary/aromatic N) is 4. The fourth-order valence-electron chi connectivity index (χ4n) is 8.59. The molecule has 0 aliphatic heterocycles. The van der Waals surface area contributed by atoms with Crippen LogP contribution in [-0.2, 0) is 0 Å². The van der Waals surface area contributed by atoms with E-state index in [0.29, 0.717) is 17.2 Å². The molecule has 0 aliphatic rings. The highest BCUT2D eigenvalue weighted by Gasteiger charge is 2.21. The van der Waals surface area contributed by atoms with E-state index in [2.05, 4.69) is 144 Å². The zero-order valence-electron chi connectivity index (χ0n) is 38.1. The molecule has 0 radical (unpaired) electrons. The van der Waals surface area contributed by atoms with Gasteiger partial charge in [0.05, 0.1) is 17.9 Å². The maximum absolute atomic E-state index is 9.01. The van der Waals surface area contributed by atoms with Crippen LogP contribution < -0.4 is 0 Å². The Balaban J connectivity index is 1.13. The summed E-state index contributed by atoms with van der Waals surface area (Å²) in [6.07, 6.45) is 0. The first-order chi connectivity index (χ1) is 32.8. The molecule has 3 aromatic heterocycles. The first-order valence-electron chi connectivity index (χ1n) is 22.9. The van der Waals surface area contributed by atoms with Crippen LogP contribution in [0.15, 0.2) is 218 Å². The van der Waals surface area contributed by atoms with Crippen molar-refractivity contribution >= 4 is 53.3 Å². The van der Waals surface area contributed by atoms with Gasteiger partial charge in [-0.25, -0.2) is 15.0 Å². The second-order valence-corrected chi connectivity index (χ2v) is 16.3. The number of para-hydroxylation sites is 2. The van der Waals surface area contributed by atoms with Crippen LogP contribution in [0.4, 0.5) is 0 Å². The summed E-state index contributed by atoms with van der Waals surface area (Å²) in [6, 6.07) is 62.6. The number of benzene rings is 9. The molecule has 290 valence electrons. The topological polar surface area (TPSA) is 43.6 Å². The Hall–Kier alpha value is -7.99. The van der Waals surface area contributed by atoms with Crippen molar-refractivity contribution in [1.82, 2.24) is 19.5 Å². The highest BCUT2D eigenvalue weighted by molar-refractivity contribution is 7.26. The molecule has 12 rings (SSSR count). The van der Waals surface area contributed by atoms with Crippen LogP contribution in [0.2, 0.25) is 0 Å². The summed E-state index contributed by atoms with van der Waals surface area (Å²) in [7, 11) is 0. The van der Waals surface area contributed by atoms with Gasteiger partial charge in [0.15, 0.2) is 17.5 Å². The lowest BCUT2D eigenvalue weighted by molar-refractivity contribution is 1.07. The molecule has 0 fully saturated rings. The van der Waals surface area contributed by atoms with Crippen molar-refractivity contribution in [2.75, 3.05) is 0 Å². The minimum atomic E-state index is -0.484. The Morgan fingerprint density at radius 3 is 1.58 bits per heavy atom. The van der Waals surface area contributed by atoms with Crippen molar-refractivity contribution in [3.8, 4) is 73.2 Å². The minimum absolute atomic E-state index is 0.0127. The Morgan fingerprint density at radius 1 is 0.371 bits per heavy atom. The zero-order valence-corrected chi connectivity index (χ0v) is 33.9. The van der Waals surface area contributed by atoms with E-state index < -0.39 is 18.1 Å². The van der Waals surface area contributed by atoms with Crippen molar-refractivity contribution in [2.24, 2.45) is 0 Å². The fourth-order valence-corrected chi connectivity index (χ4v) is 9.82. The number of rotatable bonds is 7. The van der Waals surface area contributed by atoms with Crippen LogP contribution >= 0.6 is 11.3 Å². The van der Waals surface area contributed by atoms with Crippen molar-refractivity contribution < 1.29 is 6.85 Å². The maximum Gasteiger partial charge on any atom is 0.165 e. The predicted molar refractivity (Wildman–Crippen MR) is 260 cm³/mol. The standard InChI is InChI=1S/C57H36N4S/c1-4-15-37(16-5-1)39-27-29-41(30-28-39)56-58-55(40-19-8-3-9-20-40)59-57(60-56)50-36-45(61-51-25-12-10-23-46(51)47-24-11-13-26-52(47)61)35-49-48-32-31-44(34-53(48)62-54(49)50)43-22-14-21-42(33-43)38-17-6-2-7-18-38/h1-36H/i3D,8D,9D,19D,20D. The van der Waals surface area contributed by atoms with Crippen LogP contribution in [0, 0.1) is 0 Å². The van der Waals surface area contributed by atoms with E-state index >= 15 is 0 Å². The Labute approximate surface area is 369 Å². The summed E-state index contributed by atoms with van der Waals surface area (Å²) in [6.45, 7) is 0. The summed E-state index contributed by atoms with van der Waals surface area (Å²) in [5.41, 5.74) is 10.9. The lowest BCUT2D eigenvalue weighted by atomic mass is 9.98. The van der Waals surface area contributed by atoms with Crippen molar-refractivity contribution in [3.05, 3.63) is 218 Å². The fraction of sp³-hybridized carbons (Fsp3) is 0. The highest BCUT2D eigenvalue weighted by atomic mass is 32.1. The van der Waals surface area contributed by atoms with Gasteiger partial charge in [0.25, 0.3) is 0 Å². The van der Waals surface area contributed by atoms with Gasteiger partial charge in [-0.1, -0.05) is 182 Å². The molecule has 12 aromatic rings.